The van der Waals surface area contributed by atoms with E-state index in [0.717, 1.165) is 32.2 Å². The first-order chi connectivity index (χ1) is 10.4. The van der Waals surface area contributed by atoms with Gasteiger partial charge >= 0.3 is 0 Å². The molecular formula is C15H10O4S3. The van der Waals surface area contributed by atoms with E-state index in [0.29, 0.717) is 0 Å². The van der Waals surface area contributed by atoms with Crippen molar-refractivity contribution in [3.05, 3.63) is 63.4 Å². The van der Waals surface area contributed by atoms with E-state index >= 15 is 0 Å². The first-order valence-electron chi connectivity index (χ1n) is 6.22. The largest absolute Gasteiger partial charge is 0.294 e. The molecule has 2 aromatic carbocycles. The van der Waals surface area contributed by atoms with E-state index in [2.05, 4.69) is 0 Å². The normalized spacial score (nSPS) is 11.5. The predicted molar refractivity (Wildman–Crippen MR) is 89.2 cm³/mol. The smallest absolute Gasteiger partial charge is 0.282 e. The Morgan fingerprint density at radius 3 is 1.77 bits per heavy atom. The van der Waals surface area contributed by atoms with Crippen molar-refractivity contribution < 1.29 is 13.0 Å². The van der Waals surface area contributed by atoms with Gasteiger partial charge in [0.05, 0.1) is 14.6 Å². The van der Waals surface area contributed by atoms with Crippen molar-refractivity contribution in [1.29, 1.82) is 0 Å². The second-order valence-electron chi connectivity index (χ2n) is 4.48. The fraction of sp³-hybridized carbons (Fsp3) is 0. The summed E-state index contributed by atoms with van der Waals surface area (Å²) in [4.78, 5) is 13.3. The van der Waals surface area contributed by atoms with Crippen LogP contribution in [0.25, 0.3) is 20.9 Å². The van der Waals surface area contributed by atoms with Crippen molar-refractivity contribution in [3.63, 3.8) is 0 Å². The van der Waals surface area contributed by atoms with Crippen molar-refractivity contribution in [1.82, 2.24) is 0 Å². The SMILES string of the molecule is O=c1sc(-c2ccccc2)c(-c2ccc(S(=O)(=O)O)cc2)s1. The molecular weight excluding hydrogens is 340 g/mol. The Balaban J connectivity index is 2.12. The van der Waals surface area contributed by atoms with E-state index in [1.165, 1.54) is 23.5 Å². The van der Waals surface area contributed by atoms with Crippen LogP contribution in [0.2, 0.25) is 0 Å². The summed E-state index contributed by atoms with van der Waals surface area (Å²) >= 11 is 2.29. The third-order valence-electron chi connectivity index (χ3n) is 3.03. The lowest BCUT2D eigenvalue weighted by molar-refractivity contribution is 0.483. The van der Waals surface area contributed by atoms with Gasteiger partial charge in [0.1, 0.15) is 0 Å². The summed E-state index contributed by atoms with van der Waals surface area (Å²) in [7, 11) is -4.21. The van der Waals surface area contributed by atoms with Crippen LogP contribution < -0.4 is 4.06 Å². The maximum Gasteiger partial charge on any atom is 0.294 e. The minimum absolute atomic E-state index is 0.0206. The summed E-state index contributed by atoms with van der Waals surface area (Å²) in [6.07, 6.45) is 0. The molecule has 112 valence electrons. The van der Waals surface area contributed by atoms with Crippen LogP contribution in [0.5, 0.6) is 0 Å². The topological polar surface area (TPSA) is 71.4 Å². The minimum Gasteiger partial charge on any atom is -0.282 e. The van der Waals surface area contributed by atoms with Crippen LogP contribution in [0, 0.1) is 0 Å². The molecule has 0 bridgehead atoms. The number of hydrogen-bond donors (Lipinski definition) is 1. The molecule has 1 aromatic heterocycles. The summed E-state index contributed by atoms with van der Waals surface area (Å²) in [5.41, 5.74) is 1.69. The van der Waals surface area contributed by atoms with E-state index in [-0.39, 0.29) is 8.95 Å². The lowest BCUT2D eigenvalue weighted by Gasteiger charge is -2.04. The summed E-state index contributed by atoms with van der Waals surface area (Å²) in [5.74, 6) is 0. The highest BCUT2D eigenvalue weighted by Crippen LogP contribution is 2.37. The Morgan fingerprint density at radius 2 is 1.27 bits per heavy atom. The first kappa shape index (κ1) is 15.1. The molecule has 0 saturated carbocycles. The fourth-order valence-corrected chi connectivity index (χ4v) is 4.69. The zero-order valence-corrected chi connectivity index (χ0v) is 13.5. The van der Waals surface area contributed by atoms with Crippen molar-refractivity contribution in [2.45, 2.75) is 4.90 Å². The van der Waals surface area contributed by atoms with Gasteiger partial charge in [0.25, 0.3) is 14.2 Å². The number of hydrogen-bond acceptors (Lipinski definition) is 5. The molecule has 3 rings (SSSR count). The predicted octanol–water partition coefficient (Wildman–Crippen LogP) is 3.75. The van der Waals surface area contributed by atoms with Gasteiger partial charge in [-0.1, -0.05) is 65.1 Å². The van der Waals surface area contributed by atoms with Crippen LogP contribution >= 0.6 is 22.7 Å². The lowest BCUT2D eigenvalue weighted by atomic mass is 10.1. The lowest BCUT2D eigenvalue weighted by Crippen LogP contribution is -1.97. The molecule has 0 atom stereocenters. The molecule has 0 amide bonds. The third kappa shape index (κ3) is 3.02. The van der Waals surface area contributed by atoms with Gasteiger partial charge in [-0.3, -0.25) is 9.35 Å². The van der Waals surface area contributed by atoms with Gasteiger partial charge in [0.15, 0.2) is 0 Å². The second-order valence-corrected chi connectivity index (χ2v) is 8.12. The molecule has 0 fully saturated rings. The van der Waals surface area contributed by atoms with Crippen LogP contribution in [-0.2, 0) is 10.1 Å². The van der Waals surface area contributed by atoms with Crippen LogP contribution in [0.3, 0.4) is 0 Å². The van der Waals surface area contributed by atoms with E-state index in [1.54, 1.807) is 12.1 Å². The van der Waals surface area contributed by atoms with E-state index < -0.39 is 10.1 Å². The van der Waals surface area contributed by atoms with Crippen LogP contribution in [0.1, 0.15) is 0 Å². The summed E-state index contributed by atoms with van der Waals surface area (Å²) in [6, 6.07) is 15.4. The van der Waals surface area contributed by atoms with Gasteiger partial charge in [-0.25, -0.2) is 0 Å². The molecule has 0 radical (unpaired) electrons. The fourth-order valence-electron chi connectivity index (χ4n) is 2.03. The molecule has 1 N–H and O–H groups in total. The molecule has 0 aliphatic carbocycles. The Hall–Kier alpha value is -1.80. The molecule has 1 heterocycles. The highest BCUT2D eigenvalue weighted by atomic mass is 32.2. The van der Waals surface area contributed by atoms with Crippen LogP contribution in [0.15, 0.2) is 64.3 Å². The van der Waals surface area contributed by atoms with Gasteiger partial charge in [0, 0.05) is 0 Å². The number of benzene rings is 2. The monoisotopic (exact) mass is 350 g/mol. The minimum atomic E-state index is -4.21. The van der Waals surface area contributed by atoms with Crippen molar-refractivity contribution in [2.75, 3.05) is 0 Å². The van der Waals surface area contributed by atoms with E-state index in [1.807, 2.05) is 30.3 Å². The average molecular weight is 350 g/mol. The molecule has 7 heteroatoms. The first-order valence-corrected chi connectivity index (χ1v) is 9.30. The zero-order chi connectivity index (χ0) is 15.7. The van der Waals surface area contributed by atoms with Crippen LogP contribution in [-0.4, -0.2) is 13.0 Å². The Kier molecular flexibility index (Phi) is 3.96. The maximum absolute atomic E-state index is 11.8. The second kappa shape index (κ2) is 5.77. The highest BCUT2D eigenvalue weighted by Gasteiger charge is 2.14. The molecule has 0 spiro atoms. The standard InChI is InChI=1S/C15H10O4S3/c16-15-20-13(10-4-2-1-3-5-10)14(21-15)11-6-8-12(9-7-11)22(17,18)19/h1-9H,(H,17,18,19). The maximum atomic E-state index is 11.8. The Morgan fingerprint density at radius 1 is 0.773 bits per heavy atom. The van der Waals surface area contributed by atoms with Gasteiger partial charge in [0.2, 0.25) is 0 Å². The third-order valence-corrected chi connectivity index (χ3v) is 6.15. The van der Waals surface area contributed by atoms with Crippen molar-refractivity contribution in [3.8, 4) is 20.9 Å². The molecule has 3 aromatic rings. The van der Waals surface area contributed by atoms with E-state index in [9.17, 15) is 13.2 Å². The van der Waals surface area contributed by atoms with Crippen molar-refractivity contribution in [2.24, 2.45) is 0 Å². The highest BCUT2D eigenvalue weighted by molar-refractivity contribution is 7.85. The molecule has 4 nitrogen and oxygen atoms in total. The molecule has 0 aliphatic heterocycles. The van der Waals surface area contributed by atoms with Gasteiger partial charge < -0.3 is 0 Å². The summed E-state index contributed by atoms with van der Waals surface area (Å²) < 4.78 is 31.2. The van der Waals surface area contributed by atoms with Gasteiger partial charge in [-0.2, -0.15) is 8.42 Å². The molecule has 0 saturated heterocycles. The van der Waals surface area contributed by atoms with Crippen molar-refractivity contribution >= 4 is 32.8 Å². The summed E-state index contributed by atoms with van der Waals surface area (Å²) in [5, 5.41) is 0. The van der Waals surface area contributed by atoms with E-state index in [4.69, 9.17) is 4.55 Å². The molecule has 22 heavy (non-hydrogen) atoms. The quantitative estimate of drug-likeness (QED) is 0.730. The number of rotatable bonds is 3. The average Bonchev–Trinajstić information content (AvgIpc) is 2.89. The summed E-state index contributed by atoms with van der Waals surface area (Å²) in [6.45, 7) is 0. The molecule has 0 unspecified atom stereocenters. The zero-order valence-electron chi connectivity index (χ0n) is 11.1. The van der Waals surface area contributed by atoms with Crippen LogP contribution in [0.4, 0.5) is 0 Å². The molecule has 0 aliphatic rings. The van der Waals surface area contributed by atoms with Gasteiger partial charge in [-0.05, 0) is 23.3 Å². The van der Waals surface area contributed by atoms with Gasteiger partial charge in [-0.15, -0.1) is 0 Å². The Bertz CT molecular complexity index is 952. The Labute approximate surface area is 135 Å².